The molecule has 8 rings (SSSR count). The van der Waals surface area contributed by atoms with E-state index in [-0.39, 0.29) is 0 Å². The fourth-order valence-electron chi connectivity index (χ4n) is 7.28. The normalized spacial score (nSPS) is 16.7. The van der Waals surface area contributed by atoms with Gasteiger partial charge < -0.3 is 9.80 Å². The second kappa shape index (κ2) is 14.7. The number of anilines is 4. The second-order valence-electron chi connectivity index (χ2n) is 13.2. The molecule has 2 nitrogen and oxygen atoms in total. The maximum Gasteiger partial charge on any atom is 0.0461 e. The summed E-state index contributed by atoms with van der Waals surface area (Å²) in [6.45, 7) is 0. The number of rotatable bonds is 9. The highest BCUT2D eigenvalue weighted by molar-refractivity contribution is 5.77. The lowest BCUT2D eigenvalue weighted by Crippen LogP contribution is -2.18. The Morgan fingerprint density at radius 1 is 0.480 bits per heavy atom. The monoisotopic (exact) mass is 646 g/mol. The van der Waals surface area contributed by atoms with E-state index in [1.807, 2.05) is 0 Å². The summed E-state index contributed by atoms with van der Waals surface area (Å²) in [5.41, 5.74) is 13.7. The summed E-state index contributed by atoms with van der Waals surface area (Å²) in [6, 6.07) is 48.6. The summed E-state index contributed by atoms with van der Waals surface area (Å²) in [7, 11) is 0. The molecule has 0 radical (unpaired) electrons. The van der Waals surface area contributed by atoms with E-state index in [2.05, 4.69) is 198 Å². The lowest BCUT2D eigenvalue weighted by Gasteiger charge is -2.30. The molecule has 244 valence electrons. The Balaban J connectivity index is 1.09. The van der Waals surface area contributed by atoms with Gasteiger partial charge in [-0.15, -0.1) is 0 Å². The summed E-state index contributed by atoms with van der Waals surface area (Å²) in [5, 5.41) is 0. The van der Waals surface area contributed by atoms with Crippen LogP contribution in [-0.4, -0.2) is 0 Å². The fraction of sp³-hybridized carbons (Fsp3) is 0.125. The van der Waals surface area contributed by atoms with E-state index in [1.54, 1.807) is 0 Å². The van der Waals surface area contributed by atoms with Gasteiger partial charge in [-0.3, -0.25) is 0 Å². The molecule has 0 amide bonds. The zero-order valence-corrected chi connectivity index (χ0v) is 28.4. The van der Waals surface area contributed by atoms with Crippen molar-refractivity contribution in [1.82, 2.24) is 0 Å². The van der Waals surface area contributed by atoms with Crippen LogP contribution in [0.25, 0.3) is 16.7 Å². The van der Waals surface area contributed by atoms with Crippen molar-refractivity contribution in [2.75, 3.05) is 9.80 Å². The summed E-state index contributed by atoms with van der Waals surface area (Å²) < 4.78 is 0. The summed E-state index contributed by atoms with van der Waals surface area (Å²) >= 11 is 0. The second-order valence-corrected chi connectivity index (χ2v) is 13.2. The molecule has 50 heavy (non-hydrogen) atoms. The van der Waals surface area contributed by atoms with Crippen molar-refractivity contribution in [2.24, 2.45) is 0 Å². The van der Waals surface area contributed by atoms with Crippen molar-refractivity contribution in [1.29, 1.82) is 0 Å². The maximum atomic E-state index is 2.44. The number of para-hydroxylation sites is 1. The average Bonchev–Trinajstić information content (AvgIpc) is 3.21. The van der Waals surface area contributed by atoms with E-state index in [0.29, 0.717) is 5.92 Å². The van der Waals surface area contributed by atoms with E-state index in [4.69, 9.17) is 0 Å². The number of benzene rings is 5. The molecule has 0 saturated carbocycles. The van der Waals surface area contributed by atoms with Gasteiger partial charge in [0.2, 0.25) is 0 Å². The van der Waals surface area contributed by atoms with Crippen LogP contribution in [0.2, 0.25) is 0 Å². The molecule has 2 heteroatoms. The summed E-state index contributed by atoms with van der Waals surface area (Å²) in [5.74, 6) is 0.439. The zero-order valence-electron chi connectivity index (χ0n) is 28.4. The van der Waals surface area contributed by atoms with Crippen molar-refractivity contribution >= 4 is 28.3 Å². The molecule has 0 bridgehead atoms. The Morgan fingerprint density at radius 2 is 1.10 bits per heavy atom. The van der Waals surface area contributed by atoms with Crippen LogP contribution in [0.3, 0.4) is 0 Å². The zero-order chi connectivity index (χ0) is 33.5. The first kappa shape index (κ1) is 31.4. The SMILES string of the molecule is C1=CCC(c2ccc(N(C3=CC=C(c4ccc(N(C5=CCCC=C5)c5ccccc5)cc4)CC3)c3ccc(-c4ccccc4)cc3)cc2)C=C1. The highest BCUT2D eigenvalue weighted by atomic mass is 15.2. The molecular formula is C48H42N2. The molecule has 0 saturated heterocycles. The van der Waals surface area contributed by atoms with Crippen LogP contribution in [0, 0.1) is 0 Å². The van der Waals surface area contributed by atoms with Gasteiger partial charge in [-0.25, -0.2) is 0 Å². The molecule has 5 aromatic carbocycles. The topological polar surface area (TPSA) is 6.48 Å². The van der Waals surface area contributed by atoms with Gasteiger partial charge in [0.1, 0.15) is 0 Å². The van der Waals surface area contributed by atoms with Crippen molar-refractivity contribution in [3.8, 4) is 11.1 Å². The van der Waals surface area contributed by atoms with Gasteiger partial charge in [-0.05, 0) is 121 Å². The third kappa shape index (κ3) is 6.84. The number of hydrogen-bond acceptors (Lipinski definition) is 2. The summed E-state index contributed by atoms with van der Waals surface area (Å²) in [6.07, 6.45) is 25.6. The van der Waals surface area contributed by atoms with Crippen LogP contribution in [-0.2, 0) is 0 Å². The van der Waals surface area contributed by atoms with Gasteiger partial charge in [0.25, 0.3) is 0 Å². The van der Waals surface area contributed by atoms with Crippen LogP contribution in [0.15, 0.2) is 200 Å². The molecule has 1 unspecified atom stereocenters. The van der Waals surface area contributed by atoms with E-state index in [0.717, 1.165) is 32.1 Å². The van der Waals surface area contributed by atoms with Crippen molar-refractivity contribution in [3.63, 3.8) is 0 Å². The lowest BCUT2D eigenvalue weighted by molar-refractivity contribution is 0.853. The van der Waals surface area contributed by atoms with Crippen molar-refractivity contribution in [2.45, 2.75) is 38.0 Å². The standard InChI is InChI=1S/C48H42N2/c1-5-13-37(14-6-1)39-21-29-46(30-22-39)50(47-31-23-40(24-32-47)38-15-7-2-8-16-38)48-35-27-42(28-36-48)41-25-33-45(34-26-41)49(43-17-9-3-10-18-43)44-19-11-4-12-20-44/h1-3,5-11,13-15,17-27,29-35,38H,4,12,16,28,36H2. The van der Waals surface area contributed by atoms with Crippen LogP contribution < -0.4 is 9.80 Å². The fourth-order valence-corrected chi connectivity index (χ4v) is 7.28. The van der Waals surface area contributed by atoms with Crippen LogP contribution in [0.1, 0.15) is 49.1 Å². The first-order chi connectivity index (χ1) is 24.8. The van der Waals surface area contributed by atoms with Crippen molar-refractivity contribution in [3.05, 3.63) is 211 Å². The molecule has 1 atom stereocenters. The van der Waals surface area contributed by atoms with Gasteiger partial charge in [0.05, 0.1) is 0 Å². The Labute approximate surface area is 297 Å². The predicted octanol–water partition coefficient (Wildman–Crippen LogP) is 13.2. The molecule has 0 heterocycles. The predicted molar refractivity (Wildman–Crippen MR) is 213 cm³/mol. The van der Waals surface area contributed by atoms with Gasteiger partial charge in [-0.1, -0.05) is 127 Å². The molecule has 3 aliphatic rings. The Hall–Kier alpha value is -5.86. The van der Waals surface area contributed by atoms with Crippen LogP contribution >= 0.6 is 0 Å². The summed E-state index contributed by atoms with van der Waals surface area (Å²) in [4.78, 5) is 4.80. The number of allylic oxidation sites excluding steroid dienone is 11. The van der Waals surface area contributed by atoms with Crippen LogP contribution in [0.4, 0.5) is 22.7 Å². The van der Waals surface area contributed by atoms with Gasteiger partial charge in [-0.2, -0.15) is 0 Å². The minimum atomic E-state index is 0.439. The van der Waals surface area contributed by atoms with Crippen molar-refractivity contribution < 1.29 is 0 Å². The third-order valence-corrected chi connectivity index (χ3v) is 9.95. The first-order valence-electron chi connectivity index (χ1n) is 17.9. The van der Waals surface area contributed by atoms with E-state index in [1.165, 1.54) is 62.0 Å². The Bertz CT molecular complexity index is 2090. The minimum Gasteiger partial charge on any atom is -0.314 e. The molecule has 0 N–H and O–H groups in total. The molecule has 0 fully saturated rings. The highest BCUT2D eigenvalue weighted by Crippen LogP contribution is 2.39. The quantitative estimate of drug-likeness (QED) is 0.157. The van der Waals surface area contributed by atoms with Gasteiger partial charge in [0.15, 0.2) is 0 Å². The Kier molecular flexibility index (Phi) is 9.25. The molecule has 0 aromatic heterocycles. The largest absolute Gasteiger partial charge is 0.314 e. The molecule has 0 spiro atoms. The van der Waals surface area contributed by atoms with E-state index >= 15 is 0 Å². The smallest absolute Gasteiger partial charge is 0.0461 e. The average molecular weight is 647 g/mol. The van der Waals surface area contributed by atoms with E-state index < -0.39 is 0 Å². The third-order valence-electron chi connectivity index (χ3n) is 9.95. The molecule has 0 aliphatic heterocycles. The lowest BCUT2D eigenvalue weighted by atomic mass is 9.92. The minimum absolute atomic E-state index is 0.439. The molecular weight excluding hydrogens is 605 g/mol. The van der Waals surface area contributed by atoms with Gasteiger partial charge in [0, 0.05) is 40.1 Å². The number of hydrogen-bond donors (Lipinski definition) is 0. The van der Waals surface area contributed by atoms with Gasteiger partial charge >= 0.3 is 0 Å². The van der Waals surface area contributed by atoms with Crippen LogP contribution in [0.5, 0.6) is 0 Å². The Morgan fingerprint density at radius 3 is 1.72 bits per heavy atom. The first-order valence-corrected chi connectivity index (χ1v) is 17.9. The molecule has 5 aromatic rings. The van der Waals surface area contributed by atoms with E-state index in [9.17, 15) is 0 Å². The number of nitrogens with zero attached hydrogens (tertiary/aromatic N) is 2. The highest BCUT2D eigenvalue weighted by Gasteiger charge is 2.20. The molecule has 3 aliphatic carbocycles. The maximum absolute atomic E-state index is 2.44.